The Bertz CT molecular complexity index is 461. The van der Waals surface area contributed by atoms with Crippen molar-refractivity contribution in [1.29, 1.82) is 0 Å². The number of halogens is 5. The first-order valence-corrected chi connectivity index (χ1v) is 7.94. The van der Waals surface area contributed by atoms with Gasteiger partial charge in [0.05, 0.1) is 12.2 Å². The van der Waals surface area contributed by atoms with Gasteiger partial charge >= 0.3 is 5.97 Å². The Labute approximate surface area is 141 Å². The van der Waals surface area contributed by atoms with Gasteiger partial charge in [-0.15, -0.1) is 0 Å². The van der Waals surface area contributed by atoms with Crippen molar-refractivity contribution < 1.29 is 13.4 Å². The lowest BCUT2D eigenvalue weighted by Crippen LogP contribution is -2.08. The fraction of sp³-hybridized carbons (Fsp3) is 0.222. The van der Waals surface area contributed by atoms with E-state index >= 15 is 0 Å². The summed E-state index contributed by atoms with van der Waals surface area (Å²) in [5.74, 6) is -0.502. The van der Waals surface area contributed by atoms with Crippen LogP contribution < -0.4 is 0 Å². The van der Waals surface area contributed by atoms with Crippen molar-refractivity contribution in [3.8, 4) is 0 Å². The van der Waals surface area contributed by atoms with Crippen LogP contribution in [0.2, 0.25) is 0 Å². The molecule has 3 nitrogen and oxygen atoms in total. The van der Waals surface area contributed by atoms with Gasteiger partial charge in [0.15, 0.2) is 16.3 Å². The molecule has 8 heteroatoms. The van der Waals surface area contributed by atoms with Crippen LogP contribution in [0.3, 0.4) is 0 Å². The number of hydrogen-bond donors (Lipinski definition) is 0. The first kappa shape index (κ1) is 16.1. The predicted octanol–water partition coefficient (Wildman–Crippen LogP) is 5.35. The number of rotatable bonds is 3. The molecule has 0 fully saturated rings. The standard InChI is InChI=1S/C9H5Br5O3/c1-16-2-3-4(9(15)17-14)6(11)8(13)7(12)5(3)10/h2H2,1H3. The summed E-state index contributed by atoms with van der Waals surface area (Å²) < 4.78 is 12.5. The highest BCUT2D eigenvalue weighted by molar-refractivity contribution is 9.15. The highest BCUT2D eigenvalue weighted by atomic mass is 79.9. The van der Waals surface area contributed by atoms with Gasteiger partial charge in [-0.05, 0) is 63.7 Å². The van der Waals surface area contributed by atoms with Crippen LogP contribution in [0.5, 0.6) is 0 Å². The number of carbonyl (C=O) groups is 1. The van der Waals surface area contributed by atoms with Crippen LogP contribution >= 0.6 is 80.0 Å². The van der Waals surface area contributed by atoms with Crippen LogP contribution in [-0.2, 0) is 15.2 Å². The monoisotopic (exact) mass is 556 g/mol. The molecular weight excluding hydrogens is 556 g/mol. The van der Waals surface area contributed by atoms with Gasteiger partial charge in [0.2, 0.25) is 0 Å². The van der Waals surface area contributed by atoms with Crippen LogP contribution in [0.4, 0.5) is 0 Å². The molecule has 0 saturated heterocycles. The first-order chi connectivity index (χ1) is 7.95. The van der Waals surface area contributed by atoms with E-state index in [1.54, 1.807) is 7.11 Å². The zero-order chi connectivity index (χ0) is 13.2. The van der Waals surface area contributed by atoms with E-state index in [0.29, 0.717) is 15.6 Å². The molecule has 0 saturated carbocycles. The Morgan fingerprint density at radius 1 is 1.06 bits per heavy atom. The molecule has 0 aliphatic heterocycles. The topological polar surface area (TPSA) is 35.5 Å². The molecule has 0 amide bonds. The minimum atomic E-state index is -0.502. The number of methoxy groups -OCH3 is 1. The summed E-state index contributed by atoms with van der Waals surface area (Å²) in [4.78, 5) is 11.7. The molecule has 0 aliphatic carbocycles. The van der Waals surface area contributed by atoms with Gasteiger partial charge in [-0.2, -0.15) is 0 Å². The summed E-state index contributed by atoms with van der Waals surface area (Å²) in [5.41, 5.74) is 1.09. The van der Waals surface area contributed by atoms with Crippen LogP contribution in [0, 0.1) is 0 Å². The molecule has 0 radical (unpaired) electrons. The van der Waals surface area contributed by atoms with E-state index in [1.165, 1.54) is 0 Å². The van der Waals surface area contributed by atoms with E-state index < -0.39 is 5.97 Å². The molecule has 1 rings (SSSR count). The number of hydrogen-bond acceptors (Lipinski definition) is 3. The van der Waals surface area contributed by atoms with E-state index in [0.717, 1.165) is 13.4 Å². The largest absolute Gasteiger partial charge is 0.380 e. The summed E-state index contributed by atoms with van der Waals surface area (Å²) in [6.45, 7) is 0.280. The molecule has 0 bridgehead atoms. The lowest BCUT2D eigenvalue weighted by molar-refractivity contribution is 0.0775. The molecule has 1 aromatic carbocycles. The quantitative estimate of drug-likeness (QED) is 0.370. The van der Waals surface area contributed by atoms with Crippen molar-refractivity contribution in [3.63, 3.8) is 0 Å². The Balaban J connectivity index is 3.59. The molecule has 94 valence electrons. The van der Waals surface area contributed by atoms with Gasteiger partial charge in [-0.1, -0.05) is 0 Å². The average Bonchev–Trinajstić information content (AvgIpc) is 2.33. The highest BCUT2D eigenvalue weighted by Crippen LogP contribution is 2.42. The molecule has 0 N–H and O–H groups in total. The maximum atomic E-state index is 11.7. The molecule has 0 aliphatic rings. The first-order valence-electron chi connectivity index (χ1n) is 4.12. The minimum absolute atomic E-state index is 0.280. The summed E-state index contributed by atoms with van der Waals surface area (Å²) in [7, 11) is 1.56. The zero-order valence-electron chi connectivity index (χ0n) is 8.32. The third kappa shape index (κ3) is 3.33. The normalized spacial score (nSPS) is 10.5. The van der Waals surface area contributed by atoms with Gasteiger partial charge in [0.1, 0.15) is 0 Å². The van der Waals surface area contributed by atoms with Gasteiger partial charge in [0.25, 0.3) is 0 Å². The number of carbonyl (C=O) groups excluding carboxylic acids is 1. The fourth-order valence-electron chi connectivity index (χ4n) is 1.21. The molecule has 0 heterocycles. The number of benzene rings is 1. The minimum Gasteiger partial charge on any atom is -0.380 e. The lowest BCUT2D eigenvalue weighted by atomic mass is 10.1. The fourth-order valence-corrected chi connectivity index (χ4v) is 3.85. The Kier molecular flexibility index (Phi) is 6.63. The molecule has 0 aromatic heterocycles. The van der Waals surface area contributed by atoms with Crippen LogP contribution in [0.15, 0.2) is 17.9 Å². The molecular formula is C9H5Br5O3. The van der Waals surface area contributed by atoms with E-state index in [-0.39, 0.29) is 6.61 Å². The van der Waals surface area contributed by atoms with E-state index in [4.69, 9.17) is 4.74 Å². The van der Waals surface area contributed by atoms with E-state index in [2.05, 4.69) is 83.8 Å². The highest BCUT2D eigenvalue weighted by Gasteiger charge is 2.24. The molecule has 0 unspecified atom stereocenters. The van der Waals surface area contributed by atoms with Crippen molar-refractivity contribution in [2.45, 2.75) is 6.61 Å². The Morgan fingerprint density at radius 2 is 1.59 bits per heavy atom. The van der Waals surface area contributed by atoms with Crippen molar-refractivity contribution in [3.05, 3.63) is 29.0 Å². The van der Waals surface area contributed by atoms with Crippen LogP contribution in [0.25, 0.3) is 0 Å². The second-order valence-corrected chi connectivity index (χ2v) is 6.40. The zero-order valence-corrected chi connectivity index (χ0v) is 16.3. The molecule has 1 aromatic rings. The molecule has 0 atom stereocenters. The van der Waals surface area contributed by atoms with E-state index in [9.17, 15) is 4.79 Å². The van der Waals surface area contributed by atoms with Crippen molar-refractivity contribution in [2.24, 2.45) is 0 Å². The summed E-state index contributed by atoms with van der Waals surface area (Å²) in [6.07, 6.45) is 0. The second kappa shape index (κ2) is 7.00. The molecule has 0 spiro atoms. The van der Waals surface area contributed by atoms with Crippen LogP contribution in [-0.4, -0.2) is 13.1 Å². The predicted molar refractivity (Wildman–Crippen MR) is 82.3 cm³/mol. The Morgan fingerprint density at radius 3 is 2.06 bits per heavy atom. The van der Waals surface area contributed by atoms with Crippen molar-refractivity contribution >= 4 is 85.9 Å². The summed E-state index contributed by atoms with van der Waals surface area (Å²) in [5, 5.41) is 0. The second-order valence-electron chi connectivity index (χ2n) is 2.91. The Hall–Kier alpha value is 1.05. The lowest BCUT2D eigenvalue weighted by Gasteiger charge is -2.14. The average molecular weight is 561 g/mol. The SMILES string of the molecule is COCc1c(Br)c(Br)c(Br)c(Br)c1C(=O)OBr. The van der Waals surface area contributed by atoms with Gasteiger partial charge in [-0.3, -0.25) is 0 Å². The smallest absolute Gasteiger partial charge is 0.351 e. The maximum Gasteiger partial charge on any atom is 0.351 e. The van der Waals surface area contributed by atoms with Crippen molar-refractivity contribution in [2.75, 3.05) is 7.11 Å². The van der Waals surface area contributed by atoms with E-state index in [1.807, 2.05) is 0 Å². The summed E-state index contributed by atoms with van der Waals surface area (Å²) >= 11 is 16.2. The number of ether oxygens (including phenoxy) is 1. The van der Waals surface area contributed by atoms with Gasteiger partial charge in [0, 0.05) is 30.6 Å². The third-order valence-electron chi connectivity index (χ3n) is 1.93. The van der Waals surface area contributed by atoms with Gasteiger partial charge < -0.3 is 8.57 Å². The van der Waals surface area contributed by atoms with Gasteiger partial charge in [-0.25, -0.2) is 4.79 Å². The molecule has 17 heavy (non-hydrogen) atoms. The van der Waals surface area contributed by atoms with Crippen LogP contribution in [0.1, 0.15) is 15.9 Å². The maximum absolute atomic E-state index is 11.7. The third-order valence-corrected chi connectivity index (χ3v) is 7.07. The summed E-state index contributed by atoms with van der Waals surface area (Å²) in [6, 6.07) is 0. The van der Waals surface area contributed by atoms with Crippen molar-refractivity contribution in [1.82, 2.24) is 0 Å².